The number of nitrogens with zero attached hydrogens (tertiary/aromatic N) is 1. The Balaban J connectivity index is 1.91. The van der Waals surface area contributed by atoms with E-state index in [0.717, 1.165) is 16.8 Å². The summed E-state index contributed by atoms with van der Waals surface area (Å²) in [5.41, 5.74) is 2.78. The van der Waals surface area contributed by atoms with Crippen molar-refractivity contribution in [2.24, 2.45) is 0 Å². The highest BCUT2D eigenvalue weighted by atomic mass is 32.2. The van der Waals surface area contributed by atoms with Crippen LogP contribution < -0.4 is 5.32 Å². The minimum Gasteiger partial charge on any atom is -0.341 e. The number of carbonyl (C=O) groups is 2. The fourth-order valence-corrected chi connectivity index (χ4v) is 2.72. The molecule has 0 saturated carbocycles. The lowest BCUT2D eigenvalue weighted by Gasteiger charge is -2.17. The number of anilines is 1. The van der Waals surface area contributed by atoms with E-state index >= 15 is 0 Å². The molecule has 5 heteroatoms. The third kappa shape index (κ3) is 5.42. The molecule has 0 aliphatic carbocycles. The topological polar surface area (TPSA) is 49.4 Å². The summed E-state index contributed by atoms with van der Waals surface area (Å²) in [7, 11) is 1.82. The number of likely N-dealkylation sites (N-methyl/N-ethyl adjacent to an activating group) is 1. The number of thioether (sulfide) groups is 1. The number of rotatable bonds is 6. The molecule has 0 saturated heterocycles. The summed E-state index contributed by atoms with van der Waals surface area (Å²) in [4.78, 5) is 26.3. The summed E-state index contributed by atoms with van der Waals surface area (Å²) in [6.07, 6.45) is 2.39. The van der Waals surface area contributed by atoms with E-state index in [1.165, 1.54) is 11.8 Å². The van der Waals surface area contributed by atoms with Crippen LogP contribution in [0.15, 0.2) is 53.4 Å². The first kappa shape index (κ1) is 18.1. The molecule has 0 aliphatic heterocycles. The molecule has 2 aromatic carbocycles. The second-order valence-electron chi connectivity index (χ2n) is 5.65. The molecule has 0 heterocycles. The van der Waals surface area contributed by atoms with Crippen LogP contribution in [0.3, 0.4) is 0 Å². The third-order valence-corrected chi connectivity index (χ3v) is 4.38. The lowest BCUT2D eigenvalue weighted by atomic mass is 10.1. The molecule has 2 aromatic rings. The molecular formula is C19H22N2O2S. The Morgan fingerprint density at radius 3 is 2.12 bits per heavy atom. The van der Waals surface area contributed by atoms with Crippen LogP contribution >= 0.6 is 11.8 Å². The maximum absolute atomic E-state index is 12.4. The van der Waals surface area contributed by atoms with Gasteiger partial charge in [-0.25, -0.2) is 0 Å². The largest absolute Gasteiger partial charge is 0.341 e. The van der Waals surface area contributed by atoms with Crippen molar-refractivity contribution in [3.8, 4) is 0 Å². The molecule has 0 fully saturated rings. The summed E-state index contributed by atoms with van der Waals surface area (Å²) in [6.45, 7) is 2.07. The third-order valence-electron chi connectivity index (χ3n) is 3.63. The van der Waals surface area contributed by atoms with Crippen LogP contribution in [0.2, 0.25) is 0 Å². The van der Waals surface area contributed by atoms with Crippen molar-refractivity contribution in [2.45, 2.75) is 24.8 Å². The zero-order chi connectivity index (χ0) is 17.5. The smallest absolute Gasteiger partial charge is 0.227 e. The van der Waals surface area contributed by atoms with Crippen LogP contribution in [-0.2, 0) is 22.6 Å². The van der Waals surface area contributed by atoms with Gasteiger partial charge < -0.3 is 10.2 Å². The van der Waals surface area contributed by atoms with E-state index in [1.807, 2.05) is 37.6 Å². The average molecular weight is 342 g/mol. The number of amides is 2. The summed E-state index contributed by atoms with van der Waals surface area (Å²) in [5.74, 6) is -0.0396. The standard InChI is InChI=1S/C19H22N2O2S/c1-14(22)20-17-8-4-15(5-9-17)12-19(23)21(2)13-16-6-10-18(24-3)11-7-16/h4-11H,12-13H2,1-3H3,(H,20,22). The Hall–Kier alpha value is -2.27. The maximum atomic E-state index is 12.4. The molecule has 2 rings (SSSR count). The second-order valence-corrected chi connectivity index (χ2v) is 6.53. The van der Waals surface area contributed by atoms with E-state index in [2.05, 4.69) is 29.6 Å². The number of carbonyl (C=O) groups excluding carboxylic acids is 2. The molecule has 0 aliphatic rings. The minimum absolute atomic E-state index is 0.0659. The fourth-order valence-electron chi connectivity index (χ4n) is 2.31. The van der Waals surface area contributed by atoms with Crippen molar-refractivity contribution in [2.75, 3.05) is 18.6 Å². The predicted molar refractivity (Wildman–Crippen MR) is 99.1 cm³/mol. The normalized spacial score (nSPS) is 10.3. The molecular weight excluding hydrogens is 320 g/mol. The Morgan fingerprint density at radius 2 is 1.58 bits per heavy atom. The van der Waals surface area contributed by atoms with Gasteiger partial charge in [0.2, 0.25) is 11.8 Å². The molecule has 4 nitrogen and oxygen atoms in total. The number of nitrogens with one attached hydrogen (secondary N) is 1. The Kier molecular flexibility index (Phi) is 6.44. The van der Waals surface area contributed by atoms with Gasteiger partial charge in [-0.15, -0.1) is 11.8 Å². The Bertz CT molecular complexity index is 696. The SMILES string of the molecule is CSc1ccc(CN(C)C(=O)Cc2ccc(NC(C)=O)cc2)cc1. The van der Waals surface area contributed by atoms with Crippen LogP contribution in [0.5, 0.6) is 0 Å². The predicted octanol–water partition coefficient (Wildman–Crippen LogP) is 3.57. The van der Waals surface area contributed by atoms with E-state index < -0.39 is 0 Å². The number of hydrogen-bond donors (Lipinski definition) is 1. The molecule has 126 valence electrons. The maximum Gasteiger partial charge on any atom is 0.227 e. The van der Waals surface area contributed by atoms with Gasteiger partial charge in [-0.2, -0.15) is 0 Å². The van der Waals surface area contributed by atoms with E-state index in [0.29, 0.717) is 13.0 Å². The first-order chi connectivity index (χ1) is 11.5. The monoisotopic (exact) mass is 342 g/mol. The molecule has 0 unspecified atom stereocenters. The van der Waals surface area contributed by atoms with Gasteiger partial charge in [0, 0.05) is 31.1 Å². The highest BCUT2D eigenvalue weighted by molar-refractivity contribution is 7.98. The molecule has 24 heavy (non-hydrogen) atoms. The van der Waals surface area contributed by atoms with Gasteiger partial charge in [0.05, 0.1) is 6.42 Å². The number of benzene rings is 2. The molecule has 0 aromatic heterocycles. The Labute approximate surface area is 147 Å². The second kappa shape index (κ2) is 8.55. The van der Waals surface area contributed by atoms with Crippen molar-refractivity contribution >= 4 is 29.3 Å². The lowest BCUT2D eigenvalue weighted by Crippen LogP contribution is -2.27. The summed E-state index contributed by atoms with van der Waals surface area (Å²) in [5, 5.41) is 2.71. The first-order valence-electron chi connectivity index (χ1n) is 7.71. The van der Waals surface area contributed by atoms with E-state index in [-0.39, 0.29) is 11.8 Å². The highest BCUT2D eigenvalue weighted by Crippen LogP contribution is 2.16. The summed E-state index contributed by atoms with van der Waals surface area (Å²) >= 11 is 1.70. The van der Waals surface area contributed by atoms with Crippen molar-refractivity contribution < 1.29 is 9.59 Å². The zero-order valence-corrected chi connectivity index (χ0v) is 15.0. The number of hydrogen-bond acceptors (Lipinski definition) is 3. The van der Waals surface area contributed by atoms with Gasteiger partial charge >= 0.3 is 0 Å². The molecule has 0 spiro atoms. The van der Waals surface area contributed by atoms with Gasteiger partial charge in [0.25, 0.3) is 0 Å². The van der Waals surface area contributed by atoms with Gasteiger partial charge in [0.1, 0.15) is 0 Å². The average Bonchev–Trinajstić information content (AvgIpc) is 2.56. The van der Waals surface area contributed by atoms with E-state index in [1.54, 1.807) is 16.7 Å². The van der Waals surface area contributed by atoms with Crippen LogP contribution in [0.1, 0.15) is 18.1 Å². The van der Waals surface area contributed by atoms with Gasteiger partial charge in [-0.3, -0.25) is 9.59 Å². The molecule has 1 N–H and O–H groups in total. The van der Waals surface area contributed by atoms with Crippen molar-refractivity contribution in [3.63, 3.8) is 0 Å². The quantitative estimate of drug-likeness (QED) is 0.817. The summed E-state index contributed by atoms with van der Waals surface area (Å²) < 4.78 is 0. The first-order valence-corrected chi connectivity index (χ1v) is 8.94. The van der Waals surface area contributed by atoms with Crippen LogP contribution in [0.25, 0.3) is 0 Å². The molecule has 0 atom stereocenters. The van der Waals surface area contributed by atoms with Crippen molar-refractivity contribution in [1.82, 2.24) is 4.90 Å². The van der Waals surface area contributed by atoms with Crippen LogP contribution in [-0.4, -0.2) is 30.0 Å². The van der Waals surface area contributed by atoms with Gasteiger partial charge in [-0.05, 0) is 41.6 Å². The Morgan fingerprint density at radius 1 is 1.00 bits per heavy atom. The minimum atomic E-state index is -0.106. The van der Waals surface area contributed by atoms with E-state index in [9.17, 15) is 9.59 Å². The van der Waals surface area contributed by atoms with Crippen LogP contribution in [0, 0.1) is 0 Å². The van der Waals surface area contributed by atoms with Crippen molar-refractivity contribution in [3.05, 3.63) is 59.7 Å². The molecule has 0 radical (unpaired) electrons. The van der Waals surface area contributed by atoms with Crippen molar-refractivity contribution in [1.29, 1.82) is 0 Å². The molecule has 0 bridgehead atoms. The lowest BCUT2D eigenvalue weighted by molar-refractivity contribution is -0.129. The van der Waals surface area contributed by atoms with Crippen LogP contribution in [0.4, 0.5) is 5.69 Å². The summed E-state index contributed by atoms with van der Waals surface area (Å²) in [6, 6.07) is 15.6. The molecule has 2 amide bonds. The van der Waals surface area contributed by atoms with Gasteiger partial charge in [-0.1, -0.05) is 24.3 Å². The fraction of sp³-hybridized carbons (Fsp3) is 0.263. The highest BCUT2D eigenvalue weighted by Gasteiger charge is 2.10. The van der Waals surface area contributed by atoms with Gasteiger partial charge in [0.15, 0.2) is 0 Å². The van der Waals surface area contributed by atoms with E-state index in [4.69, 9.17) is 0 Å². The zero-order valence-electron chi connectivity index (χ0n) is 14.2.